The van der Waals surface area contributed by atoms with E-state index in [0.29, 0.717) is 18.9 Å². The maximum atomic E-state index is 12.8. The average molecular weight is 419 g/mol. The second kappa shape index (κ2) is 9.76. The lowest BCUT2D eigenvalue weighted by molar-refractivity contribution is -0.125. The molecule has 154 valence electrons. The van der Waals surface area contributed by atoms with Crippen molar-refractivity contribution >= 4 is 23.5 Å². The summed E-state index contributed by atoms with van der Waals surface area (Å²) in [6, 6.07) is 20.2. The van der Waals surface area contributed by atoms with Gasteiger partial charge in [-0.3, -0.25) is 4.79 Å². The highest BCUT2D eigenvalue weighted by Gasteiger charge is 2.26. The third-order valence-corrected chi connectivity index (χ3v) is 6.16. The number of benzene rings is 2. The first-order chi connectivity index (χ1) is 14.7. The normalized spacial score (nSPS) is 16.3. The first-order valence-corrected chi connectivity index (χ1v) is 11.5. The highest BCUT2D eigenvalue weighted by atomic mass is 32.2. The number of nitrogens with one attached hydrogen (secondary N) is 1. The highest BCUT2D eigenvalue weighted by molar-refractivity contribution is 7.98. The number of anilines is 1. The van der Waals surface area contributed by atoms with Crippen LogP contribution in [-0.2, 0) is 11.3 Å². The van der Waals surface area contributed by atoms with E-state index in [1.54, 1.807) is 18.0 Å². The predicted molar refractivity (Wildman–Crippen MR) is 122 cm³/mol. The van der Waals surface area contributed by atoms with E-state index in [1.165, 1.54) is 4.90 Å². The maximum Gasteiger partial charge on any atom is 0.225 e. The van der Waals surface area contributed by atoms with Crippen molar-refractivity contribution in [3.8, 4) is 11.4 Å². The minimum Gasteiger partial charge on any atom is -0.356 e. The molecule has 0 bridgehead atoms. The number of carbonyl (C=O) groups excluding carboxylic acids is 1. The third-order valence-electron chi connectivity index (χ3n) is 5.41. The standard InChI is InChI=1S/C24H26N4OS/c1-30-21-11-9-18(10-12-21)16-26-24(29)20-8-5-15-28(17-20)22-13-14-25-23(27-22)19-6-3-2-4-7-19/h2-4,6-7,9-14,20H,5,8,15-17H2,1H3,(H,26,29)/t20-/m0/s1. The zero-order valence-corrected chi connectivity index (χ0v) is 17.9. The smallest absolute Gasteiger partial charge is 0.225 e. The number of thioether (sulfide) groups is 1. The number of carbonyl (C=O) groups is 1. The maximum absolute atomic E-state index is 12.8. The zero-order valence-electron chi connectivity index (χ0n) is 17.1. The van der Waals surface area contributed by atoms with Crippen molar-refractivity contribution in [1.82, 2.24) is 15.3 Å². The lowest BCUT2D eigenvalue weighted by Crippen LogP contribution is -2.43. The molecule has 1 atom stereocenters. The second-order valence-corrected chi connectivity index (χ2v) is 8.34. The molecule has 0 aliphatic carbocycles. The highest BCUT2D eigenvalue weighted by Crippen LogP contribution is 2.24. The molecule has 5 nitrogen and oxygen atoms in total. The van der Waals surface area contributed by atoms with Crippen molar-refractivity contribution in [3.63, 3.8) is 0 Å². The molecule has 1 aliphatic heterocycles. The van der Waals surface area contributed by atoms with Gasteiger partial charge in [-0.1, -0.05) is 42.5 Å². The van der Waals surface area contributed by atoms with Crippen LogP contribution in [0.2, 0.25) is 0 Å². The molecule has 1 fully saturated rings. The molecule has 1 N–H and O–H groups in total. The Morgan fingerprint density at radius 3 is 2.70 bits per heavy atom. The molecule has 0 unspecified atom stereocenters. The molecule has 0 saturated carbocycles. The Balaban J connectivity index is 1.38. The van der Waals surface area contributed by atoms with Crippen molar-refractivity contribution in [2.24, 2.45) is 5.92 Å². The van der Waals surface area contributed by atoms with Crippen LogP contribution >= 0.6 is 11.8 Å². The number of hydrogen-bond donors (Lipinski definition) is 1. The molecule has 1 aromatic heterocycles. The largest absolute Gasteiger partial charge is 0.356 e. The van der Waals surface area contributed by atoms with Crippen LogP contribution in [0.15, 0.2) is 71.8 Å². The van der Waals surface area contributed by atoms with Crippen molar-refractivity contribution in [2.45, 2.75) is 24.3 Å². The van der Waals surface area contributed by atoms with Crippen molar-refractivity contribution in [1.29, 1.82) is 0 Å². The van der Waals surface area contributed by atoms with Gasteiger partial charge in [0.25, 0.3) is 0 Å². The molecule has 1 aliphatic rings. The Morgan fingerprint density at radius 1 is 1.13 bits per heavy atom. The van der Waals surface area contributed by atoms with Crippen LogP contribution in [0.3, 0.4) is 0 Å². The van der Waals surface area contributed by atoms with Gasteiger partial charge in [-0.05, 0) is 42.9 Å². The summed E-state index contributed by atoms with van der Waals surface area (Å²) in [4.78, 5) is 25.4. The molecular formula is C24H26N4OS. The van der Waals surface area contributed by atoms with Crippen LogP contribution in [0.25, 0.3) is 11.4 Å². The molecule has 2 heterocycles. The van der Waals surface area contributed by atoms with Gasteiger partial charge in [-0.15, -0.1) is 11.8 Å². The molecule has 0 spiro atoms. The molecule has 6 heteroatoms. The number of amides is 1. The van der Waals surface area contributed by atoms with Crippen molar-refractivity contribution in [2.75, 3.05) is 24.2 Å². The summed E-state index contributed by atoms with van der Waals surface area (Å²) in [6.07, 6.45) is 5.74. The molecule has 1 saturated heterocycles. The van der Waals surface area contributed by atoms with E-state index in [4.69, 9.17) is 4.98 Å². The fraction of sp³-hybridized carbons (Fsp3) is 0.292. The summed E-state index contributed by atoms with van der Waals surface area (Å²) in [5.74, 6) is 1.69. The number of nitrogens with zero attached hydrogens (tertiary/aromatic N) is 3. The summed E-state index contributed by atoms with van der Waals surface area (Å²) in [6.45, 7) is 2.16. The van der Waals surface area contributed by atoms with Crippen LogP contribution in [0.1, 0.15) is 18.4 Å². The van der Waals surface area contributed by atoms with Crippen molar-refractivity contribution in [3.05, 3.63) is 72.4 Å². The van der Waals surface area contributed by atoms with Gasteiger partial charge in [0.1, 0.15) is 5.82 Å². The average Bonchev–Trinajstić information content (AvgIpc) is 2.83. The van der Waals surface area contributed by atoms with Gasteiger partial charge in [0.2, 0.25) is 5.91 Å². The Bertz CT molecular complexity index is 978. The van der Waals surface area contributed by atoms with E-state index in [2.05, 4.69) is 45.7 Å². The Kier molecular flexibility index (Phi) is 6.64. The van der Waals surface area contributed by atoms with Gasteiger partial charge in [0.05, 0.1) is 5.92 Å². The van der Waals surface area contributed by atoms with E-state index < -0.39 is 0 Å². The number of piperidine rings is 1. The molecule has 3 aromatic rings. The van der Waals surface area contributed by atoms with Gasteiger partial charge in [-0.25, -0.2) is 9.97 Å². The van der Waals surface area contributed by atoms with Crippen LogP contribution in [0, 0.1) is 5.92 Å². The Morgan fingerprint density at radius 2 is 1.93 bits per heavy atom. The summed E-state index contributed by atoms with van der Waals surface area (Å²) in [5.41, 5.74) is 2.12. The van der Waals surface area contributed by atoms with Crippen LogP contribution < -0.4 is 10.2 Å². The first-order valence-electron chi connectivity index (χ1n) is 10.3. The first kappa shape index (κ1) is 20.4. The fourth-order valence-electron chi connectivity index (χ4n) is 3.73. The van der Waals surface area contributed by atoms with Crippen LogP contribution in [-0.4, -0.2) is 35.2 Å². The fourth-order valence-corrected chi connectivity index (χ4v) is 4.14. The topological polar surface area (TPSA) is 58.1 Å². The van der Waals surface area contributed by atoms with Gasteiger partial charge >= 0.3 is 0 Å². The minimum absolute atomic E-state index is 0.0284. The summed E-state index contributed by atoms with van der Waals surface area (Å²) in [7, 11) is 0. The van der Waals surface area contributed by atoms with Gasteiger partial charge < -0.3 is 10.2 Å². The summed E-state index contributed by atoms with van der Waals surface area (Å²) >= 11 is 1.72. The molecular weight excluding hydrogens is 392 g/mol. The SMILES string of the molecule is CSc1ccc(CNC(=O)[C@H]2CCCN(c3ccnc(-c4ccccc4)n3)C2)cc1. The molecule has 1 amide bonds. The third kappa shape index (κ3) is 5.00. The molecule has 4 rings (SSSR count). The van der Waals surface area contributed by atoms with E-state index in [9.17, 15) is 4.79 Å². The van der Waals surface area contributed by atoms with Gasteiger partial charge in [0.15, 0.2) is 5.82 Å². The van der Waals surface area contributed by atoms with E-state index >= 15 is 0 Å². The van der Waals surface area contributed by atoms with E-state index in [0.717, 1.165) is 36.3 Å². The molecule has 30 heavy (non-hydrogen) atoms. The second-order valence-electron chi connectivity index (χ2n) is 7.46. The van der Waals surface area contributed by atoms with Gasteiger partial charge in [0, 0.05) is 36.3 Å². The molecule has 2 aromatic carbocycles. The summed E-state index contributed by atoms with van der Waals surface area (Å²) in [5, 5.41) is 3.11. The quantitative estimate of drug-likeness (QED) is 0.602. The van der Waals surface area contributed by atoms with E-state index in [-0.39, 0.29) is 11.8 Å². The zero-order chi connectivity index (χ0) is 20.8. The van der Waals surface area contributed by atoms with Crippen LogP contribution in [0.5, 0.6) is 0 Å². The Hall–Kier alpha value is -2.86. The number of hydrogen-bond acceptors (Lipinski definition) is 5. The number of rotatable bonds is 6. The predicted octanol–water partition coefficient (Wildman–Crippen LogP) is 4.40. The lowest BCUT2D eigenvalue weighted by atomic mass is 9.97. The lowest BCUT2D eigenvalue weighted by Gasteiger charge is -2.33. The minimum atomic E-state index is -0.0284. The Labute approximate surface area is 181 Å². The summed E-state index contributed by atoms with van der Waals surface area (Å²) < 4.78 is 0. The number of aromatic nitrogens is 2. The molecule has 0 radical (unpaired) electrons. The van der Waals surface area contributed by atoms with E-state index in [1.807, 2.05) is 36.4 Å². The van der Waals surface area contributed by atoms with Crippen LogP contribution in [0.4, 0.5) is 5.82 Å². The van der Waals surface area contributed by atoms with Crippen molar-refractivity contribution < 1.29 is 4.79 Å². The monoisotopic (exact) mass is 418 g/mol. The van der Waals surface area contributed by atoms with Gasteiger partial charge in [-0.2, -0.15) is 0 Å².